The maximum Gasteiger partial charge on any atom is 0.313 e. The van der Waals surface area contributed by atoms with Crippen molar-refractivity contribution >= 4 is 17.6 Å². The Kier molecular flexibility index (Phi) is 5.52. The molecule has 7 heteroatoms. The molecule has 0 saturated carbocycles. The number of ether oxygens (including phenoxy) is 1. The van der Waals surface area contributed by atoms with Crippen LogP contribution in [0.15, 0.2) is 29.4 Å². The van der Waals surface area contributed by atoms with E-state index in [2.05, 4.69) is 10.0 Å². The molecule has 2 unspecified atom stereocenters. The lowest BCUT2D eigenvalue weighted by Crippen LogP contribution is -2.40. The van der Waals surface area contributed by atoms with Gasteiger partial charge in [0.2, 0.25) is 0 Å². The van der Waals surface area contributed by atoms with Crippen LogP contribution in [0.5, 0.6) is 0 Å². The maximum atomic E-state index is 11.7. The van der Waals surface area contributed by atoms with Gasteiger partial charge in [-0.15, -0.1) is 0 Å². The summed E-state index contributed by atoms with van der Waals surface area (Å²) in [6.07, 6.45) is 1.42. The summed E-state index contributed by atoms with van der Waals surface area (Å²) >= 11 is 5.93. The molecule has 0 radical (unpaired) electrons. The van der Waals surface area contributed by atoms with Gasteiger partial charge < -0.3 is 9.84 Å². The van der Waals surface area contributed by atoms with Crippen molar-refractivity contribution in [3.05, 3.63) is 45.3 Å². The van der Waals surface area contributed by atoms with Crippen LogP contribution in [0.1, 0.15) is 38.2 Å². The fraction of sp³-hybridized carbons (Fsp3) is 0.562. The van der Waals surface area contributed by atoms with Crippen LogP contribution >= 0.6 is 11.6 Å². The maximum absolute atomic E-state index is 11.7. The first kappa shape index (κ1) is 17.6. The zero-order chi connectivity index (χ0) is 17.0. The van der Waals surface area contributed by atoms with Gasteiger partial charge in [-0.3, -0.25) is 4.79 Å². The van der Waals surface area contributed by atoms with Crippen molar-refractivity contribution < 1.29 is 14.6 Å². The SMILES string of the molecule is CC1(C)CC(C(c2ccc(Cl)cc2)[C@H](N=[N+]=[N-])C(=O)O)CCO1. The molecule has 1 aromatic rings. The summed E-state index contributed by atoms with van der Waals surface area (Å²) in [6.45, 7) is 4.53. The number of rotatable bonds is 5. The number of hydrogen-bond acceptors (Lipinski definition) is 3. The van der Waals surface area contributed by atoms with Gasteiger partial charge in [-0.25, -0.2) is 0 Å². The van der Waals surface area contributed by atoms with Crippen LogP contribution in [-0.2, 0) is 9.53 Å². The molecular formula is C16H20ClN3O3. The van der Waals surface area contributed by atoms with Crippen LogP contribution in [-0.4, -0.2) is 29.3 Å². The highest BCUT2D eigenvalue weighted by molar-refractivity contribution is 6.30. The number of nitrogens with zero attached hydrogens (tertiary/aromatic N) is 3. The van der Waals surface area contributed by atoms with E-state index in [1.807, 2.05) is 13.8 Å². The van der Waals surface area contributed by atoms with Crippen LogP contribution < -0.4 is 0 Å². The molecule has 2 rings (SSSR count). The third-order valence-corrected chi connectivity index (χ3v) is 4.52. The molecule has 1 fully saturated rings. The Bertz CT molecular complexity index is 610. The van der Waals surface area contributed by atoms with E-state index in [1.54, 1.807) is 24.3 Å². The third-order valence-electron chi connectivity index (χ3n) is 4.27. The Labute approximate surface area is 140 Å². The van der Waals surface area contributed by atoms with Crippen molar-refractivity contribution in [2.45, 2.75) is 44.2 Å². The predicted molar refractivity (Wildman–Crippen MR) is 87.5 cm³/mol. The van der Waals surface area contributed by atoms with Crippen LogP contribution in [0.4, 0.5) is 0 Å². The Morgan fingerprint density at radius 3 is 2.65 bits per heavy atom. The molecule has 0 bridgehead atoms. The van der Waals surface area contributed by atoms with Gasteiger partial charge in [-0.05, 0) is 55.8 Å². The second-order valence-electron chi connectivity index (χ2n) is 6.43. The molecule has 1 saturated heterocycles. The number of benzene rings is 1. The summed E-state index contributed by atoms with van der Waals surface area (Å²) in [7, 11) is 0. The lowest BCUT2D eigenvalue weighted by Gasteiger charge is -2.40. The summed E-state index contributed by atoms with van der Waals surface area (Å²) in [6, 6.07) is 5.91. The first-order valence-electron chi connectivity index (χ1n) is 7.50. The van der Waals surface area contributed by atoms with Gasteiger partial charge in [-0.2, -0.15) is 0 Å². The number of aliphatic carboxylic acids is 1. The van der Waals surface area contributed by atoms with Crippen molar-refractivity contribution in [1.82, 2.24) is 0 Å². The molecule has 124 valence electrons. The Morgan fingerprint density at radius 2 is 2.13 bits per heavy atom. The van der Waals surface area contributed by atoms with Crippen LogP contribution in [0, 0.1) is 5.92 Å². The molecule has 0 amide bonds. The molecule has 1 aliphatic rings. The summed E-state index contributed by atoms with van der Waals surface area (Å²) in [5, 5.41) is 13.7. The molecule has 0 aliphatic carbocycles. The van der Waals surface area contributed by atoms with Crippen molar-refractivity contribution in [3.8, 4) is 0 Å². The van der Waals surface area contributed by atoms with Crippen molar-refractivity contribution in [2.75, 3.05) is 6.61 Å². The molecule has 1 heterocycles. The average molecular weight is 338 g/mol. The molecule has 1 N–H and O–H groups in total. The summed E-state index contributed by atoms with van der Waals surface area (Å²) in [5.41, 5.74) is 9.27. The van der Waals surface area contributed by atoms with E-state index >= 15 is 0 Å². The lowest BCUT2D eigenvalue weighted by molar-refractivity contribution is -0.140. The molecule has 1 aliphatic heterocycles. The molecule has 3 atom stereocenters. The average Bonchev–Trinajstić information content (AvgIpc) is 2.47. The summed E-state index contributed by atoms with van der Waals surface area (Å²) in [4.78, 5) is 14.4. The zero-order valence-electron chi connectivity index (χ0n) is 13.1. The van der Waals surface area contributed by atoms with Crippen LogP contribution in [0.3, 0.4) is 0 Å². The van der Waals surface area contributed by atoms with Gasteiger partial charge in [0.15, 0.2) is 0 Å². The van der Waals surface area contributed by atoms with Gasteiger partial charge in [0.05, 0.1) is 5.60 Å². The van der Waals surface area contributed by atoms with Gasteiger partial charge >= 0.3 is 5.97 Å². The van der Waals surface area contributed by atoms with E-state index in [9.17, 15) is 9.90 Å². The number of carboxylic acids is 1. The number of halogens is 1. The normalized spacial score (nSPS) is 22.7. The highest BCUT2D eigenvalue weighted by Crippen LogP contribution is 2.41. The predicted octanol–water partition coefficient (Wildman–Crippen LogP) is 4.39. The highest BCUT2D eigenvalue weighted by Gasteiger charge is 2.40. The van der Waals surface area contributed by atoms with E-state index in [4.69, 9.17) is 21.9 Å². The molecule has 0 aromatic heterocycles. The minimum absolute atomic E-state index is 0.0477. The Morgan fingerprint density at radius 1 is 1.48 bits per heavy atom. The lowest BCUT2D eigenvalue weighted by atomic mass is 9.73. The topological polar surface area (TPSA) is 95.3 Å². The minimum atomic E-state index is -1.15. The van der Waals surface area contributed by atoms with Gasteiger partial charge in [0.1, 0.15) is 6.04 Å². The van der Waals surface area contributed by atoms with E-state index in [0.29, 0.717) is 18.1 Å². The second kappa shape index (κ2) is 7.21. The number of carbonyl (C=O) groups is 1. The van der Waals surface area contributed by atoms with Crippen molar-refractivity contribution in [1.29, 1.82) is 0 Å². The molecule has 23 heavy (non-hydrogen) atoms. The first-order chi connectivity index (χ1) is 10.8. The molecule has 1 aromatic carbocycles. The van der Waals surface area contributed by atoms with E-state index in [0.717, 1.165) is 12.0 Å². The largest absolute Gasteiger partial charge is 0.481 e. The number of carboxylic acid groups (broad SMARTS) is 1. The smallest absolute Gasteiger partial charge is 0.313 e. The second-order valence-corrected chi connectivity index (χ2v) is 6.86. The Hall–Kier alpha value is -1.75. The first-order valence-corrected chi connectivity index (χ1v) is 7.88. The highest BCUT2D eigenvalue weighted by atomic mass is 35.5. The number of azide groups is 1. The van der Waals surface area contributed by atoms with Crippen molar-refractivity contribution in [3.63, 3.8) is 0 Å². The molecule has 0 spiro atoms. The van der Waals surface area contributed by atoms with Gasteiger partial charge in [0.25, 0.3) is 0 Å². The quantitative estimate of drug-likeness (QED) is 0.490. The standard InChI is InChI=1S/C16H20ClN3O3/c1-16(2)9-11(7-8-23-16)13(14(15(21)22)19-20-18)10-3-5-12(17)6-4-10/h3-6,11,13-14H,7-9H2,1-2H3,(H,21,22)/t11?,13?,14-/m0/s1. The van der Waals surface area contributed by atoms with Crippen LogP contribution in [0.2, 0.25) is 5.02 Å². The van der Waals surface area contributed by atoms with E-state index in [-0.39, 0.29) is 11.5 Å². The fourth-order valence-corrected chi connectivity index (χ4v) is 3.44. The van der Waals surface area contributed by atoms with Gasteiger partial charge in [-0.1, -0.05) is 28.8 Å². The fourth-order valence-electron chi connectivity index (χ4n) is 3.31. The Balaban J connectivity index is 2.43. The van der Waals surface area contributed by atoms with Crippen LogP contribution in [0.25, 0.3) is 10.4 Å². The summed E-state index contributed by atoms with van der Waals surface area (Å²) in [5.74, 6) is -1.48. The van der Waals surface area contributed by atoms with Gasteiger partial charge in [0, 0.05) is 22.5 Å². The molecular weight excluding hydrogens is 318 g/mol. The van der Waals surface area contributed by atoms with E-state index in [1.165, 1.54) is 0 Å². The zero-order valence-corrected chi connectivity index (χ0v) is 13.9. The molecule has 6 nitrogen and oxygen atoms in total. The monoisotopic (exact) mass is 337 g/mol. The summed E-state index contributed by atoms with van der Waals surface area (Å²) < 4.78 is 5.73. The minimum Gasteiger partial charge on any atom is -0.481 e. The number of hydrogen-bond donors (Lipinski definition) is 1. The van der Waals surface area contributed by atoms with E-state index < -0.39 is 17.9 Å². The third kappa shape index (κ3) is 4.38. The van der Waals surface area contributed by atoms with Crippen molar-refractivity contribution in [2.24, 2.45) is 11.0 Å².